The lowest BCUT2D eigenvalue weighted by atomic mass is 10.0. The van der Waals surface area contributed by atoms with Gasteiger partial charge < -0.3 is 39.0 Å². The number of alkyl halides is 3. The number of thiocarbonyl (C=S) groups is 1. The molecule has 2 saturated heterocycles. The Morgan fingerprint density at radius 2 is 1.61 bits per heavy atom. The highest BCUT2D eigenvalue weighted by atomic mass is 32.1. The van der Waals surface area contributed by atoms with Crippen molar-refractivity contribution in [1.29, 1.82) is 5.26 Å². The topological polar surface area (TPSA) is 193 Å². The number of unbranched alkanes of at least 4 members (excludes halogenated alkanes) is 2. The van der Waals surface area contributed by atoms with Crippen LogP contribution < -0.4 is 24.6 Å². The fourth-order valence-corrected chi connectivity index (χ4v) is 9.36. The number of rotatable bonds is 21. The smallest absolute Gasteiger partial charge is 0.417 e. The number of benzene rings is 2. The molecule has 0 unspecified atom stereocenters. The standard InChI is InChI=1S/C51H59F3N10O7S/c1-32(2)45(47(67)61-30-39(65)26-44(61)46(66)59-33(3)43-18-15-38(28-57-43)60-20-19-56-34(60)4)62-31-41(29-58-62)71-24-10-22-69-21-8-7-9-23-70-40-16-13-36(14-17-40)64-49(72)63(48(68)50(64,5)6)37-12-11-35(27-55)42(25-37)51(52,53)54/h11-20,25,28-29,31-33,39,44-45,65H,7-10,21-24,26,30H2,1-6H3,(H,59,66)/t33-,39+,44-,45+/m0/s1. The molecule has 0 spiro atoms. The predicted molar refractivity (Wildman–Crippen MR) is 264 cm³/mol. The summed E-state index contributed by atoms with van der Waals surface area (Å²) < 4.78 is 62.3. The number of halogens is 3. The van der Waals surface area contributed by atoms with Crippen molar-refractivity contribution < 1.29 is 46.9 Å². The first-order chi connectivity index (χ1) is 34.3. The third-order valence-corrected chi connectivity index (χ3v) is 13.0. The molecule has 5 aromatic rings. The van der Waals surface area contributed by atoms with Crippen molar-refractivity contribution in [1.82, 2.24) is 34.5 Å². The number of nitrogens with one attached hydrogen (secondary N) is 1. The van der Waals surface area contributed by atoms with E-state index in [-0.39, 0.29) is 41.5 Å². The van der Waals surface area contributed by atoms with Gasteiger partial charge in [-0.25, -0.2) is 4.98 Å². The fraction of sp³-hybridized carbons (Fsp3) is 0.451. The molecule has 72 heavy (non-hydrogen) atoms. The first-order valence-corrected chi connectivity index (χ1v) is 24.2. The van der Waals surface area contributed by atoms with E-state index in [1.54, 1.807) is 78.6 Å². The summed E-state index contributed by atoms with van der Waals surface area (Å²) >= 11 is 5.63. The van der Waals surface area contributed by atoms with Crippen LogP contribution in [0.25, 0.3) is 5.69 Å². The number of pyridine rings is 1. The van der Waals surface area contributed by atoms with Gasteiger partial charge in [0.2, 0.25) is 11.8 Å². The van der Waals surface area contributed by atoms with Gasteiger partial charge in [0.15, 0.2) is 10.9 Å². The summed E-state index contributed by atoms with van der Waals surface area (Å²) in [5.41, 5.74) is -0.935. The molecule has 5 heterocycles. The van der Waals surface area contributed by atoms with Crippen LogP contribution in [0.2, 0.25) is 0 Å². The number of carbonyl (C=O) groups excluding carboxylic acids is 3. The van der Waals surface area contributed by atoms with Gasteiger partial charge in [-0.2, -0.15) is 23.5 Å². The van der Waals surface area contributed by atoms with Crippen molar-refractivity contribution in [3.05, 3.63) is 108 Å². The summed E-state index contributed by atoms with van der Waals surface area (Å²) in [5.74, 6) is 0.519. The van der Waals surface area contributed by atoms with Crippen LogP contribution in [-0.2, 0) is 25.3 Å². The summed E-state index contributed by atoms with van der Waals surface area (Å²) in [6.45, 7) is 12.7. The van der Waals surface area contributed by atoms with Gasteiger partial charge in [-0.3, -0.25) is 28.9 Å². The number of aliphatic hydroxyl groups excluding tert-OH is 1. The van der Waals surface area contributed by atoms with Gasteiger partial charge in [-0.15, -0.1) is 0 Å². The van der Waals surface area contributed by atoms with E-state index in [4.69, 9.17) is 26.4 Å². The Labute approximate surface area is 421 Å². The molecule has 2 aliphatic heterocycles. The molecule has 2 N–H and O–H groups in total. The Morgan fingerprint density at radius 3 is 2.28 bits per heavy atom. The summed E-state index contributed by atoms with van der Waals surface area (Å²) in [6.07, 6.45) is 6.05. The zero-order valence-electron chi connectivity index (χ0n) is 41.0. The van der Waals surface area contributed by atoms with Gasteiger partial charge in [0.05, 0.1) is 78.2 Å². The third kappa shape index (κ3) is 11.9. The Morgan fingerprint density at radius 1 is 0.931 bits per heavy atom. The molecule has 7 rings (SSSR count). The molecule has 0 bridgehead atoms. The zero-order valence-corrected chi connectivity index (χ0v) is 41.8. The van der Waals surface area contributed by atoms with E-state index in [1.165, 1.54) is 11.0 Å². The number of hydrogen-bond donors (Lipinski definition) is 2. The number of aromatic nitrogens is 5. The molecule has 3 amide bonds. The lowest BCUT2D eigenvalue weighted by molar-refractivity contribution is -0.142. The molecule has 382 valence electrons. The maximum absolute atomic E-state index is 14.1. The number of anilines is 2. The van der Waals surface area contributed by atoms with Crippen LogP contribution in [0.1, 0.15) is 101 Å². The molecular weight excluding hydrogens is 954 g/mol. The van der Waals surface area contributed by atoms with Crippen molar-refractivity contribution in [2.45, 2.75) is 110 Å². The highest BCUT2D eigenvalue weighted by Gasteiger charge is 2.51. The van der Waals surface area contributed by atoms with Crippen molar-refractivity contribution >= 4 is 46.4 Å². The lowest BCUT2D eigenvalue weighted by Gasteiger charge is -2.30. The second-order valence-electron chi connectivity index (χ2n) is 18.6. The number of ether oxygens (including phenoxy) is 3. The van der Waals surface area contributed by atoms with E-state index in [9.17, 15) is 37.9 Å². The number of nitrogens with zero attached hydrogens (tertiary/aromatic N) is 9. The monoisotopic (exact) mass is 1010 g/mol. The van der Waals surface area contributed by atoms with Crippen LogP contribution >= 0.6 is 12.2 Å². The molecule has 2 aliphatic rings. The first-order valence-electron chi connectivity index (χ1n) is 23.8. The van der Waals surface area contributed by atoms with E-state index >= 15 is 0 Å². The second kappa shape index (κ2) is 22.7. The molecule has 17 nitrogen and oxygen atoms in total. The molecule has 0 saturated carbocycles. The summed E-state index contributed by atoms with van der Waals surface area (Å²) in [6, 6.07) is 13.3. The molecule has 0 aliphatic carbocycles. The molecule has 2 aromatic carbocycles. The third-order valence-electron chi connectivity index (χ3n) is 12.6. The molecule has 21 heteroatoms. The fourth-order valence-electron chi connectivity index (χ4n) is 8.83. The average molecular weight is 1010 g/mol. The van der Waals surface area contributed by atoms with Gasteiger partial charge in [-0.05, 0) is 120 Å². The molecule has 3 aromatic heterocycles. The van der Waals surface area contributed by atoms with Crippen LogP contribution in [0.15, 0.2) is 85.6 Å². The largest absolute Gasteiger partial charge is 0.494 e. The Bertz CT molecular complexity index is 2760. The van der Waals surface area contributed by atoms with E-state index in [2.05, 4.69) is 20.4 Å². The highest BCUT2D eigenvalue weighted by Crippen LogP contribution is 2.40. The number of aliphatic hydroxyl groups is 1. The predicted octanol–water partition coefficient (Wildman–Crippen LogP) is 7.65. The summed E-state index contributed by atoms with van der Waals surface area (Å²) in [7, 11) is 0. The van der Waals surface area contributed by atoms with Crippen LogP contribution in [0.3, 0.4) is 0 Å². The van der Waals surface area contributed by atoms with Crippen LogP contribution in [0.4, 0.5) is 24.5 Å². The normalized spacial score (nSPS) is 17.6. The van der Waals surface area contributed by atoms with E-state index in [1.807, 2.05) is 50.6 Å². The Kier molecular flexibility index (Phi) is 16.7. The number of hydrogen-bond acceptors (Lipinski definition) is 12. The molecule has 4 atom stereocenters. The van der Waals surface area contributed by atoms with Gasteiger partial charge >= 0.3 is 6.18 Å². The van der Waals surface area contributed by atoms with Gasteiger partial charge in [-0.1, -0.05) is 13.8 Å². The van der Waals surface area contributed by atoms with Crippen LogP contribution in [0.5, 0.6) is 11.5 Å². The number of aryl methyl sites for hydroxylation is 1. The van der Waals surface area contributed by atoms with E-state index in [0.29, 0.717) is 55.7 Å². The quantitative estimate of drug-likeness (QED) is 0.0539. The summed E-state index contributed by atoms with van der Waals surface area (Å²) in [4.78, 5) is 54.2. The van der Waals surface area contributed by atoms with E-state index in [0.717, 1.165) is 47.8 Å². The number of likely N-dealkylation sites (tertiary alicyclic amines) is 1. The maximum Gasteiger partial charge on any atom is 0.417 e. The van der Waals surface area contributed by atoms with Crippen molar-refractivity contribution in [3.63, 3.8) is 0 Å². The SMILES string of the molecule is Cc1nccn1-c1ccc([C@H](C)NC(=O)[C@@H]2C[C@@H](O)CN2C(=O)[C@@H](C(C)C)n2cc(OCCCOCCCCCOc3ccc(N4C(=S)N(c5ccc(C#N)c(C(F)(F)F)c5)C(=O)C4(C)C)cc3)cn2)nc1. The van der Waals surface area contributed by atoms with Crippen molar-refractivity contribution in [2.24, 2.45) is 5.92 Å². The number of imidazole rings is 1. The van der Waals surface area contributed by atoms with Crippen LogP contribution in [0, 0.1) is 24.2 Å². The Hall–Kier alpha value is -6.89. The first kappa shape index (κ1) is 52.9. The Balaban J connectivity index is 0.796. The summed E-state index contributed by atoms with van der Waals surface area (Å²) in [5, 5.41) is 27.3. The number of amides is 3. The second-order valence-corrected chi connectivity index (χ2v) is 19.0. The van der Waals surface area contributed by atoms with Crippen LogP contribution in [-0.4, -0.2) is 108 Å². The highest BCUT2D eigenvalue weighted by molar-refractivity contribution is 7.81. The number of carbonyl (C=O) groups is 3. The lowest BCUT2D eigenvalue weighted by Crippen LogP contribution is -2.49. The zero-order chi connectivity index (χ0) is 51.9. The number of nitriles is 1. The maximum atomic E-state index is 14.1. The number of β-amino-alcohol motifs (C(OH)–C–C–N with tert-alkyl or cyclic N) is 1. The molecule has 0 radical (unpaired) electrons. The van der Waals surface area contributed by atoms with Crippen molar-refractivity contribution in [2.75, 3.05) is 42.8 Å². The molecule has 2 fully saturated rings. The van der Waals surface area contributed by atoms with Gasteiger partial charge in [0.25, 0.3) is 5.91 Å². The van der Waals surface area contributed by atoms with Crippen molar-refractivity contribution in [3.8, 4) is 23.3 Å². The molecular formula is C51H59F3N10O7S. The minimum absolute atomic E-state index is 0.00811. The van der Waals surface area contributed by atoms with Gasteiger partial charge in [0, 0.05) is 50.7 Å². The minimum atomic E-state index is -4.79. The minimum Gasteiger partial charge on any atom is -0.494 e. The van der Waals surface area contributed by atoms with Gasteiger partial charge in [0.1, 0.15) is 29.2 Å². The average Bonchev–Trinajstić information content (AvgIpc) is 4.13. The van der Waals surface area contributed by atoms with E-state index < -0.39 is 53.0 Å².